The first-order valence-corrected chi connectivity index (χ1v) is 7.55. The molecular weight excluding hydrogens is 264 g/mol. The summed E-state index contributed by atoms with van der Waals surface area (Å²) in [5, 5.41) is 4.40. The molecule has 1 aliphatic heterocycles. The van der Waals surface area contributed by atoms with Crippen molar-refractivity contribution in [3.63, 3.8) is 0 Å². The molecule has 0 aliphatic carbocycles. The predicted octanol–water partition coefficient (Wildman–Crippen LogP) is 3.30. The number of benzene rings is 1. The van der Waals surface area contributed by atoms with Gasteiger partial charge in [-0.2, -0.15) is 0 Å². The van der Waals surface area contributed by atoms with Gasteiger partial charge in [-0.3, -0.25) is 4.90 Å². The minimum atomic E-state index is 0.887. The molecule has 0 radical (unpaired) electrons. The topological polar surface area (TPSA) is 6.48 Å². The minimum Gasteiger partial charge on any atom is -0.304 e. The molecule has 0 atom stereocenters. The van der Waals surface area contributed by atoms with Crippen LogP contribution in [0.25, 0.3) is 10.1 Å². The maximum absolute atomic E-state index is 6.32. The van der Waals surface area contributed by atoms with E-state index in [4.69, 9.17) is 11.6 Å². The number of fused-ring (bicyclic) bond motifs is 1. The number of rotatable bonds is 2. The quantitative estimate of drug-likeness (QED) is 0.833. The Kier molecular flexibility index (Phi) is 3.57. The molecule has 1 fully saturated rings. The van der Waals surface area contributed by atoms with Crippen LogP contribution in [-0.2, 0) is 6.54 Å². The second-order valence-electron chi connectivity index (χ2n) is 4.95. The summed E-state index contributed by atoms with van der Waals surface area (Å²) in [5.74, 6) is 0. The first-order chi connectivity index (χ1) is 8.74. The van der Waals surface area contributed by atoms with Crippen LogP contribution in [0.15, 0.2) is 23.6 Å². The van der Waals surface area contributed by atoms with E-state index < -0.39 is 0 Å². The zero-order valence-electron chi connectivity index (χ0n) is 10.5. The van der Waals surface area contributed by atoms with Crippen LogP contribution in [-0.4, -0.2) is 43.0 Å². The Morgan fingerprint density at radius 3 is 2.78 bits per heavy atom. The van der Waals surface area contributed by atoms with Gasteiger partial charge in [-0.05, 0) is 30.1 Å². The molecule has 0 spiro atoms. The molecule has 1 aromatic carbocycles. The van der Waals surface area contributed by atoms with Crippen LogP contribution < -0.4 is 0 Å². The highest BCUT2D eigenvalue weighted by Crippen LogP contribution is 2.32. The van der Waals surface area contributed by atoms with Gasteiger partial charge in [0, 0.05) is 47.8 Å². The average Bonchev–Trinajstić information content (AvgIpc) is 2.77. The molecule has 3 rings (SSSR count). The van der Waals surface area contributed by atoms with E-state index >= 15 is 0 Å². The molecule has 1 aliphatic rings. The van der Waals surface area contributed by atoms with E-state index in [1.807, 2.05) is 12.1 Å². The van der Waals surface area contributed by atoms with Crippen molar-refractivity contribution in [3.8, 4) is 0 Å². The van der Waals surface area contributed by atoms with E-state index in [1.165, 1.54) is 15.6 Å². The maximum atomic E-state index is 6.32. The summed E-state index contributed by atoms with van der Waals surface area (Å²) in [6.45, 7) is 5.65. The van der Waals surface area contributed by atoms with Crippen molar-refractivity contribution in [2.75, 3.05) is 33.2 Å². The molecule has 2 heterocycles. The monoisotopic (exact) mass is 280 g/mol. The molecule has 0 bridgehead atoms. The number of halogens is 1. The summed E-state index contributed by atoms with van der Waals surface area (Å²) in [7, 11) is 2.19. The van der Waals surface area contributed by atoms with Crippen molar-refractivity contribution in [2.24, 2.45) is 0 Å². The average molecular weight is 281 g/mol. The van der Waals surface area contributed by atoms with E-state index in [-0.39, 0.29) is 0 Å². The highest BCUT2D eigenvalue weighted by molar-refractivity contribution is 7.17. The predicted molar refractivity (Wildman–Crippen MR) is 79.6 cm³/mol. The van der Waals surface area contributed by atoms with Gasteiger partial charge in [0.25, 0.3) is 0 Å². The SMILES string of the molecule is CN1CCN(Cc2csc3cccc(Cl)c23)CC1. The number of piperazine rings is 1. The Balaban J connectivity index is 1.82. The van der Waals surface area contributed by atoms with Crippen molar-refractivity contribution >= 4 is 33.0 Å². The van der Waals surface area contributed by atoms with Crippen LogP contribution in [0.3, 0.4) is 0 Å². The molecule has 1 aromatic heterocycles. The molecule has 2 nitrogen and oxygen atoms in total. The van der Waals surface area contributed by atoms with Crippen LogP contribution in [0.2, 0.25) is 5.02 Å². The molecule has 2 aromatic rings. The smallest absolute Gasteiger partial charge is 0.0496 e. The van der Waals surface area contributed by atoms with Crippen molar-refractivity contribution in [1.29, 1.82) is 0 Å². The third kappa shape index (κ3) is 2.41. The van der Waals surface area contributed by atoms with Gasteiger partial charge < -0.3 is 4.90 Å². The molecule has 0 saturated carbocycles. The van der Waals surface area contributed by atoms with Crippen LogP contribution >= 0.6 is 22.9 Å². The normalized spacial score (nSPS) is 18.6. The molecule has 0 unspecified atom stereocenters. The van der Waals surface area contributed by atoms with E-state index in [0.717, 1.165) is 37.7 Å². The van der Waals surface area contributed by atoms with Crippen molar-refractivity contribution in [3.05, 3.63) is 34.2 Å². The minimum absolute atomic E-state index is 0.887. The van der Waals surface area contributed by atoms with Crippen LogP contribution in [0.1, 0.15) is 5.56 Å². The first kappa shape index (κ1) is 12.4. The van der Waals surface area contributed by atoms with Gasteiger partial charge in [-0.15, -0.1) is 11.3 Å². The van der Waals surface area contributed by atoms with Gasteiger partial charge in [0.05, 0.1) is 0 Å². The molecule has 0 amide bonds. The summed E-state index contributed by atoms with van der Waals surface area (Å²) in [5.41, 5.74) is 1.38. The first-order valence-electron chi connectivity index (χ1n) is 6.29. The number of likely N-dealkylation sites (N-methyl/N-ethyl adjacent to an activating group) is 1. The fourth-order valence-corrected chi connectivity index (χ4v) is 3.80. The number of thiophene rings is 1. The third-order valence-corrected chi connectivity index (χ3v) is 4.93. The van der Waals surface area contributed by atoms with Crippen LogP contribution in [0.5, 0.6) is 0 Å². The van der Waals surface area contributed by atoms with Crippen LogP contribution in [0, 0.1) is 0 Å². The Morgan fingerprint density at radius 2 is 2.00 bits per heavy atom. The number of nitrogens with zero attached hydrogens (tertiary/aromatic N) is 2. The zero-order chi connectivity index (χ0) is 12.5. The van der Waals surface area contributed by atoms with Gasteiger partial charge >= 0.3 is 0 Å². The van der Waals surface area contributed by atoms with Crippen molar-refractivity contribution < 1.29 is 0 Å². The van der Waals surface area contributed by atoms with Gasteiger partial charge in [0.15, 0.2) is 0 Å². The van der Waals surface area contributed by atoms with Gasteiger partial charge in [0.2, 0.25) is 0 Å². The lowest BCUT2D eigenvalue weighted by Crippen LogP contribution is -2.43. The summed E-state index contributed by atoms with van der Waals surface area (Å²) in [6, 6.07) is 6.17. The van der Waals surface area contributed by atoms with E-state index in [2.05, 4.69) is 28.3 Å². The Morgan fingerprint density at radius 1 is 1.22 bits per heavy atom. The Bertz CT molecular complexity index is 544. The molecular formula is C14H17ClN2S. The lowest BCUT2D eigenvalue weighted by atomic mass is 10.1. The Labute approximate surface area is 117 Å². The zero-order valence-corrected chi connectivity index (χ0v) is 12.1. The van der Waals surface area contributed by atoms with Gasteiger partial charge in [-0.25, -0.2) is 0 Å². The highest BCUT2D eigenvalue weighted by atomic mass is 35.5. The van der Waals surface area contributed by atoms with E-state index in [1.54, 1.807) is 11.3 Å². The van der Waals surface area contributed by atoms with Crippen molar-refractivity contribution in [1.82, 2.24) is 9.80 Å². The summed E-state index contributed by atoms with van der Waals surface area (Å²) in [6.07, 6.45) is 0. The lowest BCUT2D eigenvalue weighted by Gasteiger charge is -2.32. The molecule has 4 heteroatoms. The fraction of sp³-hybridized carbons (Fsp3) is 0.429. The van der Waals surface area contributed by atoms with E-state index in [9.17, 15) is 0 Å². The molecule has 18 heavy (non-hydrogen) atoms. The fourth-order valence-electron chi connectivity index (χ4n) is 2.47. The second kappa shape index (κ2) is 5.17. The van der Waals surface area contributed by atoms with Crippen molar-refractivity contribution in [2.45, 2.75) is 6.54 Å². The lowest BCUT2D eigenvalue weighted by molar-refractivity contribution is 0.148. The summed E-state index contributed by atoms with van der Waals surface area (Å²) in [4.78, 5) is 4.90. The third-order valence-electron chi connectivity index (χ3n) is 3.61. The van der Waals surface area contributed by atoms with E-state index in [0.29, 0.717) is 0 Å². The second-order valence-corrected chi connectivity index (χ2v) is 6.27. The highest BCUT2D eigenvalue weighted by Gasteiger charge is 2.16. The molecule has 96 valence electrons. The summed E-state index contributed by atoms with van der Waals surface area (Å²) < 4.78 is 1.30. The Hall–Kier alpha value is -0.610. The standard InChI is InChI=1S/C14H17ClN2S/c1-16-5-7-17(8-6-16)9-11-10-18-13-4-2-3-12(15)14(11)13/h2-4,10H,5-9H2,1H3. The molecule has 1 saturated heterocycles. The van der Waals surface area contributed by atoms with Gasteiger partial charge in [-0.1, -0.05) is 17.7 Å². The van der Waals surface area contributed by atoms with Gasteiger partial charge in [0.1, 0.15) is 0 Å². The largest absolute Gasteiger partial charge is 0.304 e. The summed E-state index contributed by atoms with van der Waals surface area (Å²) >= 11 is 8.12. The van der Waals surface area contributed by atoms with Crippen LogP contribution in [0.4, 0.5) is 0 Å². The number of hydrogen-bond acceptors (Lipinski definition) is 3. The maximum Gasteiger partial charge on any atom is 0.0496 e. The molecule has 0 N–H and O–H groups in total. The number of hydrogen-bond donors (Lipinski definition) is 0.